The quantitative estimate of drug-likeness (QED) is 0.641. The molecule has 1 aliphatic rings. The number of halogens is 2. The summed E-state index contributed by atoms with van der Waals surface area (Å²) in [6.45, 7) is 4.94. The van der Waals surface area contributed by atoms with Crippen molar-refractivity contribution >= 4 is 29.4 Å². The average molecular weight is 397 g/mol. The lowest BCUT2D eigenvalue weighted by molar-refractivity contribution is -0.236. The zero-order valence-corrected chi connectivity index (χ0v) is 15.9. The molecule has 1 aromatic carbocycles. The summed E-state index contributed by atoms with van der Waals surface area (Å²) < 4.78 is 19.3. The number of nitrogens with zero attached hydrogens (tertiary/aromatic N) is 2. The maximum Gasteiger partial charge on any atom is 0.322 e. The van der Waals surface area contributed by atoms with Crippen LogP contribution in [-0.2, 0) is 9.63 Å². The fourth-order valence-corrected chi connectivity index (χ4v) is 4.02. The number of allylic oxidation sites excluding steroid dienone is 1. The van der Waals surface area contributed by atoms with Crippen molar-refractivity contribution in [3.8, 4) is 5.75 Å². The Morgan fingerprint density at radius 3 is 2.81 bits per heavy atom. The molecule has 3 rings (SSSR count). The van der Waals surface area contributed by atoms with Gasteiger partial charge in [-0.3, -0.25) is 4.79 Å². The van der Waals surface area contributed by atoms with Crippen molar-refractivity contribution in [1.82, 2.24) is 10.2 Å². The minimum absolute atomic E-state index is 0.215. The zero-order valence-electron chi connectivity index (χ0n) is 14.3. The number of ether oxygens (including phenoxy) is 1. The van der Waals surface area contributed by atoms with Gasteiger partial charge in [-0.25, -0.2) is 4.39 Å². The van der Waals surface area contributed by atoms with Crippen molar-refractivity contribution in [1.29, 1.82) is 0 Å². The first-order valence-corrected chi connectivity index (χ1v) is 9.23. The van der Waals surface area contributed by atoms with Crippen LogP contribution in [0.25, 0.3) is 0 Å². The van der Waals surface area contributed by atoms with Crippen molar-refractivity contribution in [2.75, 3.05) is 13.2 Å². The second-order valence-electron chi connectivity index (χ2n) is 5.78. The highest BCUT2D eigenvalue weighted by atomic mass is 35.5. The predicted octanol–water partition coefficient (Wildman–Crippen LogP) is 4.58. The molecule has 2 heterocycles. The summed E-state index contributed by atoms with van der Waals surface area (Å²) >= 11 is 7.29. The van der Waals surface area contributed by atoms with Crippen LogP contribution in [0, 0.1) is 5.82 Å². The Morgan fingerprint density at radius 1 is 1.35 bits per heavy atom. The zero-order chi connectivity index (χ0) is 18.7. The Hall–Kier alpha value is -2.09. The van der Waals surface area contributed by atoms with Gasteiger partial charge in [0.25, 0.3) is 0 Å². The van der Waals surface area contributed by atoms with E-state index in [4.69, 9.17) is 21.2 Å². The van der Waals surface area contributed by atoms with Crippen LogP contribution in [-0.4, -0.2) is 29.8 Å². The van der Waals surface area contributed by atoms with Crippen LogP contribution >= 0.6 is 22.9 Å². The maximum absolute atomic E-state index is 13.5. The molecule has 0 spiro atoms. The molecule has 0 saturated heterocycles. The van der Waals surface area contributed by atoms with Crippen molar-refractivity contribution in [2.45, 2.75) is 19.9 Å². The minimum atomic E-state index is -0.277. The summed E-state index contributed by atoms with van der Waals surface area (Å²) in [5.74, 6) is 0.375. The van der Waals surface area contributed by atoms with Crippen LogP contribution in [0.2, 0.25) is 5.02 Å². The standard InChI is InChI=1S/C18H18ClFN2O3S/c1-12-13(2)22(25-11-23)21(18(12)17-9-15(20)10-26-17)6-7-24-16-5-3-4-14(19)8-16/h3-5,8-11,18H,6-7H2,1-2H3. The molecule has 0 N–H and O–H groups in total. The molecule has 0 radical (unpaired) electrons. The molecule has 1 atom stereocenters. The van der Waals surface area contributed by atoms with Gasteiger partial charge in [0.2, 0.25) is 0 Å². The third-order valence-electron chi connectivity index (χ3n) is 4.18. The van der Waals surface area contributed by atoms with Gasteiger partial charge in [-0.05, 0) is 43.7 Å². The van der Waals surface area contributed by atoms with Gasteiger partial charge in [0.1, 0.15) is 18.2 Å². The third-order valence-corrected chi connectivity index (χ3v) is 5.38. The van der Waals surface area contributed by atoms with E-state index in [1.54, 1.807) is 12.1 Å². The van der Waals surface area contributed by atoms with Crippen molar-refractivity contribution in [3.63, 3.8) is 0 Å². The van der Waals surface area contributed by atoms with E-state index in [9.17, 15) is 9.18 Å². The Kier molecular flexibility index (Phi) is 5.80. The van der Waals surface area contributed by atoms with E-state index >= 15 is 0 Å². The van der Waals surface area contributed by atoms with Crippen LogP contribution in [0.4, 0.5) is 4.39 Å². The molecule has 26 heavy (non-hydrogen) atoms. The maximum atomic E-state index is 13.5. The highest BCUT2D eigenvalue weighted by Gasteiger charge is 2.38. The number of hydrogen-bond donors (Lipinski definition) is 0. The second-order valence-corrected chi connectivity index (χ2v) is 7.16. The Morgan fingerprint density at radius 2 is 2.15 bits per heavy atom. The summed E-state index contributed by atoms with van der Waals surface area (Å²) in [5, 5.41) is 5.33. The SMILES string of the molecule is CC1=C(C)N(OC=O)N(CCOc2cccc(Cl)c2)C1c1cc(F)cs1. The van der Waals surface area contributed by atoms with Gasteiger partial charge in [-0.1, -0.05) is 17.7 Å². The number of hydrogen-bond acceptors (Lipinski definition) is 6. The molecule has 0 aliphatic carbocycles. The Balaban J connectivity index is 1.77. The van der Waals surface area contributed by atoms with Gasteiger partial charge in [-0.2, -0.15) is 5.01 Å². The monoisotopic (exact) mass is 396 g/mol. The summed E-state index contributed by atoms with van der Waals surface area (Å²) in [5.41, 5.74) is 1.77. The summed E-state index contributed by atoms with van der Waals surface area (Å²) in [6, 6.07) is 8.41. The number of hydroxylamine groups is 1. The van der Waals surface area contributed by atoms with Crippen LogP contribution in [0.3, 0.4) is 0 Å². The van der Waals surface area contributed by atoms with Crippen LogP contribution < -0.4 is 4.74 Å². The van der Waals surface area contributed by atoms with Crippen molar-refractivity contribution in [3.05, 3.63) is 62.7 Å². The normalized spacial score (nSPS) is 17.7. The molecule has 1 unspecified atom stereocenters. The summed E-state index contributed by atoms with van der Waals surface area (Å²) in [7, 11) is 0. The van der Waals surface area contributed by atoms with Gasteiger partial charge in [0.15, 0.2) is 0 Å². The first-order chi connectivity index (χ1) is 12.5. The molecular formula is C18H18ClFN2O3S. The smallest absolute Gasteiger partial charge is 0.322 e. The van der Waals surface area contributed by atoms with E-state index < -0.39 is 0 Å². The van der Waals surface area contributed by atoms with E-state index in [0.717, 1.165) is 16.1 Å². The first-order valence-electron chi connectivity index (χ1n) is 7.98. The molecule has 5 nitrogen and oxygen atoms in total. The summed E-state index contributed by atoms with van der Waals surface area (Å²) in [6.07, 6.45) is 0. The molecule has 2 aromatic rings. The van der Waals surface area contributed by atoms with Crippen LogP contribution in [0.5, 0.6) is 5.75 Å². The van der Waals surface area contributed by atoms with Crippen molar-refractivity contribution in [2.24, 2.45) is 0 Å². The van der Waals surface area contributed by atoms with E-state index in [1.165, 1.54) is 28.0 Å². The van der Waals surface area contributed by atoms with E-state index in [-0.39, 0.29) is 11.9 Å². The lowest BCUT2D eigenvalue weighted by Gasteiger charge is -2.31. The van der Waals surface area contributed by atoms with Crippen molar-refractivity contribution < 1.29 is 18.8 Å². The van der Waals surface area contributed by atoms with Gasteiger partial charge in [-0.15, -0.1) is 16.5 Å². The molecule has 0 fully saturated rings. The number of thiophene rings is 1. The molecule has 0 bridgehead atoms. The molecule has 0 amide bonds. The van der Waals surface area contributed by atoms with E-state index in [2.05, 4.69) is 0 Å². The van der Waals surface area contributed by atoms with Gasteiger partial charge in [0.05, 0.1) is 18.3 Å². The van der Waals surface area contributed by atoms with E-state index in [1.807, 2.05) is 31.0 Å². The number of hydrazine groups is 1. The molecule has 138 valence electrons. The predicted molar refractivity (Wildman–Crippen MR) is 98.0 cm³/mol. The molecule has 1 aromatic heterocycles. The minimum Gasteiger partial charge on any atom is -0.492 e. The number of benzene rings is 1. The number of carbonyl (C=O) groups excluding carboxylic acids is 1. The summed E-state index contributed by atoms with van der Waals surface area (Å²) in [4.78, 5) is 16.9. The van der Waals surface area contributed by atoms with Gasteiger partial charge < -0.3 is 9.57 Å². The fourth-order valence-electron chi connectivity index (χ4n) is 2.92. The van der Waals surface area contributed by atoms with Gasteiger partial charge >= 0.3 is 6.47 Å². The van der Waals surface area contributed by atoms with Gasteiger partial charge in [0, 0.05) is 15.3 Å². The van der Waals surface area contributed by atoms with E-state index in [0.29, 0.717) is 30.4 Å². The Labute approximate surface area is 160 Å². The molecular weight excluding hydrogens is 379 g/mol. The second kappa shape index (κ2) is 8.07. The largest absolute Gasteiger partial charge is 0.492 e. The topological polar surface area (TPSA) is 42.0 Å². The molecule has 8 heteroatoms. The lowest BCUT2D eigenvalue weighted by atomic mass is 10.1. The molecule has 1 aliphatic heterocycles. The highest BCUT2D eigenvalue weighted by Crippen LogP contribution is 2.41. The molecule has 0 saturated carbocycles. The number of carbonyl (C=O) groups is 1. The first kappa shape index (κ1) is 18.7. The third kappa shape index (κ3) is 3.85. The average Bonchev–Trinajstić information content (AvgIpc) is 3.12. The fraction of sp³-hybridized carbons (Fsp3) is 0.278. The van der Waals surface area contributed by atoms with Crippen LogP contribution in [0.1, 0.15) is 24.8 Å². The highest BCUT2D eigenvalue weighted by molar-refractivity contribution is 7.10. The lowest BCUT2D eigenvalue weighted by Crippen LogP contribution is -2.41. The Bertz CT molecular complexity index is 826. The number of rotatable bonds is 7. The van der Waals surface area contributed by atoms with Crippen LogP contribution in [0.15, 0.2) is 47.0 Å².